The minimum Gasteiger partial charge on any atom is -0.496 e. The molecule has 0 amide bonds. The quantitative estimate of drug-likeness (QED) is 0.690. The summed E-state index contributed by atoms with van der Waals surface area (Å²) in [7, 11) is 3.16. The third-order valence-corrected chi connectivity index (χ3v) is 3.15. The molecule has 0 spiro atoms. The Balaban J connectivity index is 2.44. The van der Waals surface area contributed by atoms with Crippen molar-refractivity contribution in [2.75, 3.05) is 14.2 Å². The zero-order chi connectivity index (χ0) is 12.7. The number of carbonyl (C=O) groups is 1. The lowest BCUT2D eigenvalue weighted by molar-refractivity contribution is -0.137. The fourth-order valence-electron chi connectivity index (χ4n) is 2.43. The molecule has 0 bridgehead atoms. The zero-order valence-electron chi connectivity index (χ0n) is 10.1. The van der Waals surface area contributed by atoms with E-state index in [1.54, 1.807) is 14.2 Å². The molecule has 0 aromatic heterocycles. The number of benzene rings is 1. The van der Waals surface area contributed by atoms with Gasteiger partial charge in [-0.1, -0.05) is 24.3 Å². The fraction of sp³-hybridized carbons (Fsp3) is 0.214. The van der Waals surface area contributed by atoms with Crippen LogP contribution < -0.4 is 10.4 Å². The minimum atomic E-state index is -0.493. The van der Waals surface area contributed by atoms with Gasteiger partial charge in [0.1, 0.15) is 11.5 Å². The summed E-state index contributed by atoms with van der Waals surface area (Å²) in [5, 5.41) is 1.81. The summed E-state index contributed by atoms with van der Waals surface area (Å²) in [6.45, 7) is 0. The van der Waals surface area contributed by atoms with Crippen molar-refractivity contribution in [2.45, 2.75) is 6.10 Å². The number of rotatable bonds is 2. The van der Waals surface area contributed by atoms with Crippen LogP contribution in [0.5, 0.6) is 0 Å². The van der Waals surface area contributed by atoms with Crippen LogP contribution in [0.25, 0.3) is 11.5 Å². The molecule has 4 nitrogen and oxygen atoms in total. The van der Waals surface area contributed by atoms with E-state index >= 15 is 0 Å². The van der Waals surface area contributed by atoms with E-state index in [0.29, 0.717) is 11.5 Å². The summed E-state index contributed by atoms with van der Waals surface area (Å²) in [6, 6.07) is 7.70. The minimum absolute atomic E-state index is 0.369. The third kappa shape index (κ3) is 1.35. The first kappa shape index (κ1) is 10.9. The molecule has 1 heterocycles. The highest BCUT2D eigenvalue weighted by Gasteiger charge is 2.36. The Labute approximate surface area is 104 Å². The first-order valence-electron chi connectivity index (χ1n) is 5.60. The molecule has 3 rings (SSSR count). The molecule has 1 unspecified atom stereocenters. The first-order chi connectivity index (χ1) is 8.76. The van der Waals surface area contributed by atoms with Crippen molar-refractivity contribution in [2.24, 2.45) is 0 Å². The summed E-state index contributed by atoms with van der Waals surface area (Å²) in [4.78, 5) is 11.4. The van der Waals surface area contributed by atoms with E-state index in [0.717, 1.165) is 16.0 Å². The van der Waals surface area contributed by atoms with Gasteiger partial charge in [-0.2, -0.15) is 0 Å². The van der Waals surface area contributed by atoms with Crippen molar-refractivity contribution in [1.29, 1.82) is 0 Å². The van der Waals surface area contributed by atoms with Gasteiger partial charge in [-0.25, -0.2) is 4.79 Å². The van der Waals surface area contributed by atoms with Crippen LogP contribution >= 0.6 is 0 Å². The Kier molecular flexibility index (Phi) is 2.37. The number of hydrogen-bond acceptors (Lipinski definition) is 4. The maximum absolute atomic E-state index is 11.4. The second-order valence-corrected chi connectivity index (χ2v) is 4.06. The normalized spacial score (nSPS) is 20.9. The van der Waals surface area contributed by atoms with Crippen LogP contribution in [0.2, 0.25) is 0 Å². The predicted molar refractivity (Wildman–Crippen MR) is 64.5 cm³/mol. The highest BCUT2D eigenvalue weighted by atomic mass is 16.6. The van der Waals surface area contributed by atoms with Crippen LogP contribution in [0, 0.1) is 0 Å². The van der Waals surface area contributed by atoms with Gasteiger partial charge < -0.3 is 14.2 Å². The van der Waals surface area contributed by atoms with Crippen molar-refractivity contribution in [3.8, 4) is 0 Å². The standard InChI is InChI=1S/C14H12O4/c1-16-12-8-5-3-4-6-9(8)13(17-2)14-10(12)7-11(15)18-14/h3-7,14H,1-2H3. The van der Waals surface area contributed by atoms with Crippen molar-refractivity contribution in [3.63, 3.8) is 0 Å². The Morgan fingerprint density at radius 2 is 1.83 bits per heavy atom. The smallest absolute Gasteiger partial charge is 0.332 e. The molecule has 18 heavy (non-hydrogen) atoms. The number of fused-ring (bicyclic) bond motifs is 2. The number of ether oxygens (including phenoxy) is 3. The highest BCUT2D eigenvalue weighted by Crippen LogP contribution is 2.30. The molecule has 4 heteroatoms. The first-order valence-corrected chi connectivity index (χ1v) is 5.60. The fourth-order valence-corrected chi connectivity index (χ4v) is 2.43. The molecule has 0 saturated heterocycles. The second kappa shape index (κ2) is 3.91. The van der Waals surface area contributed by atoms with Crippen molar-refractivity contribution >= 4 is 17.5 Å². The van der Waals surface area contributed by atoms with Gasteiger partial charge in [0.15, 0.2) is 6.10 Å². The van der Waals surface area contributed by atoms with Gasteiger partial charge in [-0.05, 0) is 0 Å². The SMILES string of the molecule is COC1=c2ccccc2=C(OC)C2OC(=O)C=C12. The van der Waals surface area contributed by atoms with Gasteiger partial charge in [-0.3, -0.25) is 0 Å². The highest BCUT2D eigenvalue weighted by molar-refractivity contribution is 5.93. The molecule has 0 fully saturated rings. The summed E-state index contributed by atoms with van der Waals surface area (Å²) in [5.41, 5.74) is 0.720. The van der Waals surface area contributed by atoms with E-state index < -0.39 is 6.10 Å². The van der Waals surface area contributed by atoms with Crippen LogP contribution in [-0.4, -0.2) is 26.3 Å². The predicted octanol–water partition coefficient (Wildman–Crippen LogP) is 0.0612. The van der Waals surface area contributed by atoms with Crippen LogP contribution in [0.15, 0.2) is 35.9 Å². The lowest BCUT2D eigenvalue weighted by atomic mass is 9.97. The third-order valence-electron chi connectivity index (χ3n) is 3.15. The van der Waals surface area contributed by atoms with Crippen molar-refractivity contribution < 1.29 is 19.0 Å². The van der Waals surface area contributed by atoms with Crippen molar-refractivity contribution in [1.82, 2.24) is 0 Å². The number of methoxy groups -OCH3 is 2. The molecule has 1 aliphatic carbocycles. The maximum atomic E-state index is 11.4. The average molecular weight is 244 g/mol. The zero-order valence-corrected chi connectivity index (χ0v) is 10.1. The Morgan fingerprint density at radius 3 is 2.50 bits per heavy atom. The second-order valence-electron chi connectivity index (χ2n) is 4.06. The monoisotopic (exact) mass is 244 g/mol. The van der Waals surface area contributed by atoms with E-state index in [1.807, 2.05) is 24.3 Å². The molecular formula is C14H12O4. The molecule has 0 radical (unpaired) electrons. The Bertz CT molecular complexity index is 669. The van der Waals surface area contributed by atoms with E-state index in [4.69, 9.17) is 14.2 Å². The van der Waals surface area contributed by atoms with Gasteiger partial charge in [-0.15, -0.1) is 0 Å². The summed E-state index contributed by atoms with van der Waals surface area (Å²) >= 11 is 0. The Morgan fingerprint density at radius 1 is 1.11 bits per heavy atom. The topological polar surface area (TPSA) is 44.8 Å². The van der Waals surface area contributed by atoms with Gasteiger partial charge >= 0.3 is 5.97 Å². The number of carbonyl (C=O) groups excluding carboxylic acids is 1. The summed E-state index contributed by atoms with van der Waals surface area (Å²) < 4.78 is 16.1. The van der Waals surface area contributed by atoms with Crippen LogP contribution in [0.3, 0.4) is 0 Å². The van der Waals surface area contributed by atoms with Gasteiger partial charge in [0.25, 0.3) is 0 Å². The molecule has 1 aromatic rings. The van der Waals surface area contributed by atoms with Crippen LogP contribution in [0.1, 0.15) is 0 Å². The lowest BCUT2D eigenvalue weighted by Crippen LogP contribution is -2.39. The molecule has 1 aliphatic heterocycles. The maximum Gasteiger partial charge on any atom is 0.332 e. The molecule has 1 aromatic carbocycles. The molecule has 0 saturated carbocycles. The van der Waals surface area contributed by atoms with Crippen LogP contribution in [-0.2, 0) is 19.0 Å². The number of esters is 1. The van der Waals surface area contributed by atoms with Gasteiger partial charge in [0, 0.05) is 16.5 Å². The summed E-state index contributed by atoms with van der Waals surface area (Å²) in [6.07, 6.45) is 0.964. The molecular weight excluding hydrogens is 232 g/mol. The van der Waals surface area contributed by atoms with Crippen LogP contribution in [0.4, 0.5) is 0 Å². The lowest BCUT2D eigenvalue weighted by Gasteiger charge is -2.22. The van der Waals surface area contributed by atoms with E-state index in [1.165, 1.54) is 6.08 Å². The largest absolute Gasteiger partial charge is 0.496 e. The Hall–Kier alpha value is -2.23. The molecule has 0 N–H and O–H groups in total. The molecule has 2 aliphatic rings. The van der Waals surface area contributed by atoms with E-state index in [2.05, 4.69) is 0 Å². The number of hydrogen-bond donors (Lipinski definition) is 0. The van der Waals surface area contributed by atoms with E-state index in [-0.39, 0.29) is 5.97 Å². The van der Waals surface area contributed by atoms with E-state index in [9.17, 15) is 4.79 Å². The molecule has 1 atom stereocenters. The van der Waals surface area contributed by atoms with Gasteiger partial charge in [0.2, 0.25) is 0 Å². The average Bonchev–Trinajstić information content (AvgIpc) is 2.76. The summed E-state index contributed by atoms with van der Waals surface area (Å²) in [5.74, 6) is 0.942. The molecule has 92 valence electrons. The van der Waals surface area contributed by atoms with Gasteiger partial charge in [0.05, 0.1) is 19.8 Å². The van der Waals surface area contributed by atoms with Crippen molar-refractivity contribution in [3.05, 3.63) is 46.4 Å².